The standard InChI is InChI=1S/C10H9NO2/c1-2-4-9-8(3-1)10-7(5-12-9)6-13-11-10/h1-5,10-11H,6H2. The van der Waals surface area contributed by atoms with Crippen molar-refractivity contribution in [3.63, 3.8) is 0 Å². The van der Waals surface area contributed by atoms with Crippen LogP contribution in [0.1, 0.15) is 11.6 Å². The second-order valence-corrected chi connectivity index (χ2v) is 3.19. The highest BCUT2D eigenvalue weighted by Gasteiger charge is 2.29. The van der Waals surface area contributed by atoms with E-state index >= 15 is 0 Å². The molecule has 3 nitrogen and oxygen atoms in total. The van der Waals surface area contributed by atoms with Gasteiger partial charge in [-0.25, -0.2) is 0 Å². The number of nitrogens with one attached hydrogen (secondary N) is 1. The molecule has 3 rings (SSSR count). The molecule has 1 aromatic rings. The van der Waals surface area contributed by atoms with Crippen molar-refractivity contribution in [2.75, 3.05) is 6.61 Å². The van der Waals surface area contributed by atoms with Crippen molar-refractivity contribution in [2.45, 2.75) is 6.04 Å². The first-order chi connectivity index (χ1) is 6.45. The summed E-state index contributed by atoms with van der Waals surface area (Å²) in [5.41, 5.74) is 5.27. The van der Waals surface area contributed by atoms with E-state index in [2.05, 4.69) is 11.5 Å². The molecule has 13 heavy (non-hydrogen) atoms. The summed E-state index contributed by atoms with van der Waals surface area (Å²) in [5.74, 6) is 0.911. The van der Waals surface area contributed by atoms with E-state index < -0.39 is 0 Å². The molecule has 1 fully saturated rings. The van der Waals surface area contributed by atoms with Crippen molar-refractivity contribution < 1.29 is 9.57 Å². The number of benzene rings is 1. The SMILES string of the molecule is C1=C2CONC2c2ccccc2O1. The van der Waals surface area contributed by atoms with Gasteiger partial charge in [-0.2, -0.15) is 5.48 Å². The van der Waals surface area contributed by atoms with Crippen LogP contribution in [0, 0.1) is 0 Å². The van der Waals surface area contributed by atoms with Crippen LogP contribution in [0.5, 0.6) is 5.75 Å². The average molecular weight is 175 g/mol. The van der Waals surface area contributed by atoms with Gasteiger partial charge in [0.2, 0.25) is 0 Å². The number of hydrogen-bond acceptors (Lipinski definition) is 3. The van der Waals surface area contributed by atoms with Gasteiger partial charge in [-0.1, -0.05) is 18.2 Å². The molecule has 66 valence electrons. The van der Waals surface area contributed by atoms with Crippen molar-refractivity contribution in [1.29, 1.82) is 0 Å². The Morgan fingerprint density at radius 2 is 2.23 bits per heavy atom. The molecule has 0 bridgehead atoms. The molecule has 1 N–H and O–H groups in total. The van der Waals surface area contributed by atoms with E-state index in [1.807, 2.05) is 18.2 Å². The van der Waals surface area contributed by atoms with Crippen LogP contribution in [-0.2, 0) is 4.84 Å². The van der Waals surface area contributed by atoms with Gasteiger partial charge in [0.15, 0.2) is 0 Å². The Bertz CT molecular complexity index is 373. The van der Waals surface area contributed by atoms with Gasteiger partial charge in [-0.3, -0.25) is 4.84 Å². The molecule has 2 heterocycles. The summed E-state index contributed by atoms with van der Waals surface area (Å²) in [5, 5.41) is 0. The summed E-state index contributed by atoms with van der Waals surface area (Å²) in [7, 11) is 0. The van der Waals surface area contributed by atoms with Crippen molar-refractivity contribution in [3.8, 4) is 5.75 Å². The number of fused-ring (bicyclic) bond motifs is 3. The number of ether oxygens (including phenoxy) is 1. The number of para-hydroxylation sites is 1. The largest absolute Gasteiger partial charge is 0.465 e. The highest BCUT2D eigenvalue weighted by Crippen LogP contribution is 2.36. The number of hydrogen-bond donors (Lipinski definition) is 1. The summed E-state index contributed by atoms with van der Waals surface area (Å²) in [4.78, 5) is 5.15. The molecule has 2 aliphatic rings. The lowest BCUT2D eigenvalue weighted by Crippen LogP contribution is -2.16. The topological polar surface area (TPSA) is 30.5 Å². The van der Waals surface area contributed by atoms with Crippen molar-refractivity contribution in [1.82, 2.24) is 5.48 Å². The summed E-state index contributed by atoms with van der Waals surface area (Å²) < 4.78 is 5.46. The van der Waals surface area contributed by atoms with Gasteiger partial charge >= 0.3 is 0 Å². The van der Waals surface area contributed by atoms with Gasteiger partial charge in [0.05, 0.1) is 18.9 Å². The van der Waals surface area contributed by atoms with Gasteiger partial charge in [-0.15, -0.1) is 0 Å². The van der Waals surface area contributed by atoms with E-state index in [0.717, 1.165) is 16.9 Å². The van der Waals surface area contributed by atoms with Gasteiger partial charge in [-0.05, 0) is 6.07 Å². The summed E-state index contributed by atoms with van der Waals surface area (Å²) in [6, 6.07) is 8.17. The zero-order valence-electron chi connectivity index (χ0n) is 6.99. The molecule has 0 spiro atoms. The first-order valence-electron chi connectivity index (χ1n) is 4.27. The predicted octanol–water partition coefficient (Wildman–Crippen LogP) is 1.54. The smallest absolute Gasteiger partial charge is 0.131 e. The third kappa shape index (κ3) is 0.978. The van der Waals surface area contributed by atoms with Crippen LogP contribution in [0.25, 0.3) is 0 Å². The van der Waals surface area contributed by atoms with Crippen LogP contribution in [0.3, 0.4) is 0 Å². The Hall–Kier alpha value is -1.32. The third-order valence-corrected chi connectivity index (χ3v) is 2.38. The molecule has 0 aliphatic carbocycles. The third-order valence-electron chi connectivity index (χ3n) is 2.38. The molecule has 3 heteroatoms. The first kappa shape index (κ1) is 7.12. The zero-order chi connectivity index (χ0) is 8.67. The van der Waals surface area contributed by atoms with Crippen LogP contribution in [0.15, 0.2) is 36.1 Å². The Kier molecular flexibility index (Phi) is 1.41. The number of hydroxylamine groups is 1. The van der Waals surface area contributed by atoms with Crippen molar-refractivity contribution in [3.05, 3.63) is 41.7 Å². The Labute approximate surface area is 75.9 Å². The fourth-order valence-corrected chi connectivity index (χ4v) is 1.70. The Morgan fingerprint density at radius 3 is 3.23 bits per heavy atom. The molecule has 1 aromatic carbocycles. The normalized spacial score (nSPS) is 24.3. The molecule has 0 radical (unpaired) electrons. The second-order valence-electron chi connectivity index (χ2n) is 3.19. The van der Waals surface area contributed by atoms with E-state index in [4.69, 9.17) is 9.57 Å². The minimum absolute atomic E-state index is 0.185. The molecule has 1 saturated heterocycles. The minimum Gasteiger partial charge on any atom is -0.465 e. The van der Waals surface area contributed by atoms with E-state index in [1.54, 1.807) is 6.26 Å². The number of rotatable bonds is 0. The zero-order valence-corrected chi connectivity index (χ0v) is 6.99. The maximum absolute atomic E-state index is 5.46. The summed E-state index contributed by atoms with van der Waals surface area (Å²) >= 11 is 0. The van der Waals surface area contributed by atoms with Crippen molar-refractivity contribution >= 4 is 0 Å². The second kappa shape index (κ2) is 2.58. The molecular formula is C10H9NO2. The molecule has 0 saturated carbocycles. The lowest BCUT2D eigenvalue weighted by atomic mass is 9.99. The van der Waals surface area contributed by atoms with Gasteiger partial charge in [0.1, 0.15) is 5.75 Å². The molecule has 0 aromatic heterocycles. The van der Waals surface area contributed by atoms with E-state index in [0.29, 0.717) is 6.61 Å². The predicted molar refractivity (Wildman–Crippen MR) is 47.0 cm³/mol. The Balaban J connectivity index is 2.12. The van der Waals surface area contributed by atoms with Crippen LogP contribution in [0.2, 0.25) is 0 Å². The molecule has 0 amide bonds. The fraction of sp³-hybridized carbons (Fsp3) is 0.200. The van der Waals surface area contributed by atoms with Crippen LogP contribution < -0.4 is 10.2 Å². The maximum atomic E-state index is 5.46. The quantitative estimate of drug-likeness (QED) is 0.648. The summed E-state index contributed by atoms with van der Waals surface area (Å²) in [6.45, 7) is 0.610. The molecule has 2 aliphatic heterocycles. The maximum Gasteiger partial charge on any atom is 0.131 e. The molecule has 1 unspecified atom stereocenters. The van der Waals surface area contributed by atoms with E-state index in [-0.39, 0.29) is 6.04 Å². The summed E-state index contributed by atoms with van der Waals surface area (Å²) in [6.07, 6.45) is 1.77. The van der Waals surface area contributed by atoms with Gasteiger partial charge < -0.3 is 4.74 Å². The lowest BCUT2D eigenvalue weighted by molar-refractivity contribution is 0.0895. The van der Waals surface area contributed by atoms with Crippen LogP contribution in [-0.4, -0.2) is 6.61 Å². The monoisotopic (exact) mass is 175 g/mol. The average Bonchev–Trinajstić information content (AvgIpc) is 2.65. The van der Waals surface area contributed by atoms with E-state index in [9.17, 15) is 0 Å². The first-order valence-corrected chi connectivity index (χ1v) is 4.27. The van der Waals surface area contributed by atoms with Gasteiger partial charge in [0, 0.05) is 11.1 Å². The highest BCUT2D eigenvalue weighted by atomic mass is 16.7. The highest BCUT2D eigenvalue weighted by molar-refractivity contribution is 5.43. The van der Waals surface area contributed by atoms with Crippen LogP contribution >= 0.6 is 0 Å². The molecule has 1 atom stereocenters. The fourth-order valence-electron chi connectivity index (χ4n) is 1.70. The van der Waals surface area contributed by atoms with Crippen LogP contribution in [0.4, 0.5) is 0 Å². The van der Waals surface area contributed by atoms with Crippen molar-refractivity contribution in [2.24, 2.45) is 0 Å². The Morgan fingerprint density at radius 1 is 1.31 bits per heavy atom. The lowest BCUT2D eigenvalue weighted by Gasteiger charge is -2.19. The van der Waals surface area contributed by atoms with E-state index in [1.165, 1.54) is 0 Å². The van der Waals surface area contributed by atoms with Gasteiger partial charge in [0.25, 0.3) is 0 Å². The minimum atomic E-state index is 0.185. The molecular weight excluding hydrogens is 166 g/mol.